The topological polar surface area (TPSA) is 80.1 Å². The van der Waals surface area contributed by atoms with Crippen LogP contribution < -0.4 is 5.32 Å². The van der Waals surface area contributed by atoms with E-state index >= 15 is 0 Å². The minimum atomic E-state index is -3.58. The number of nitrogens with zero attached hydrogens (tertiary/aromatic N) is 4. The Bertz CT molecular complexity index is 588. The van der Waals surface area contributed by atoms with E-state index in [1.165, 1.54) is 4.68 Å². The highest BCUT2D eigenvalue weighted by Gasteiger charge is 2.36. The third kappa shape index (κ3) is 3.30. The average molecular weight is 378 g/mol. The summed E-state index contributed by atoms with van der Waals surface area (Å²) in [5.41, 5.74) is 0. The Labute approximate surface area is 133 Å². The quantitative estimate of drug-likeness (QED) is 0.790. The molecule has 118 valence electrons. The summed E-state index contributed by atoms with van der Waals surface area (Å²) in [5.74, 6) is 0.501. The lowest BCUT2D eigenvalue weighted by molar-refractivity contribution is 0.355. The molecule has 1 saturated heterocycles. The predicted molar refractivity (Wildman–Crippen MR) is 81.2 cm³/mol. The highest BCUT2D eigenvalue weighted by molar-refractivity contribution is 9.10. The normalized spacial score (nSPS) is 23.1. The molecule has 2 fully saturated rings. The number of hydrogen-bond acceptors (Lipinski definition) is 5. The number of aryl methyl sites for hydroxylation is 1. The Kier molecular flexibility index (Phi) is 4.35. The lowest BCUT2D eigenvalue weighted by Crippen LogP contribution is -2.42. The molecule has 1 aromatic heterocycles. The van der Waals surface area contributed by atoms with Crippen LogP contribution in [0.2, 0.25) is 0 Å². The van der Waals surface area contributed by atoms with Gasteiger partial charge in [0.25, 0.3) is 10.0 Å². The Morgan fingerprint density at radius 2 is 2.14 bits per heavy atom. The van der Waals surface area contributed by atoms with E-state index in [1.54, 1.807) is 11.4 Å². The summed E-state index contributed by atoms with van der Waals surface area (Å²) in [7, 11) is -1.97. The Morgan fingerprint density at radius 3 is 2.67 bits per heavy atom. The molecule has 21 heavy (non-hydrogen) atoms. The fourth-order valence-corrected chi connectivity index (χ4v) is 5.33. The monoisotopic (exact) mass is 377 g/mol. The maximum absolute atomic E-state index is 13.0. The molecular formula is C12H20BrN5O2S. The number of hydrogen-bond donors (Lipinski definition) is 1. The standard InChI is InChI=1S/C12H20BrN5O2S/c1-17-12(11(13)15-16-17)21(19,20)18(7-9-4-5-9)8-10-3-2-6-14-10/h9-10,14H,2-8H2,1H3. The fourth-order valence-electron chi connectivity index (χ4n) is 2.74. The largest absolute Gasteiger partial charge is 0.313 e. The lowest BCUT2D eigenvalue weighted by Gasteiger charge is -2.25. The van der Waals surface area contributed by atoms with Crippen LogP contribution in [0.4, 0.5) is 0 Å². The number of rotatable bonds is 6. The van der Waals surface area contributed by atoms with Crippen LogP contribution >= 0.6 is 15.9 Å². The molecule has 0 aromatic carbocycles. The van der Waals surface area contributed by atoms with Gasteiger partial charge < -0.3 is 5.32 Å². The summed E-state index contributed by atoms with van der Waals surface area (Å²) in [6, 6.07) is 0.249. The molecule has 1 aliphatic carbocycles. The van der Waals surface area contributed by atoms with Crippen LogP contribution in [0.5, 0.6) is 0 Å². The summed E-state index contributed by atoms with van der Waals surface area (Å²) in [4.78, 5) is 0. The maximum atomic E-state index is 13.0. The second-order valence-corrected chi connectivity index (χ2v) is 8.47. The van der Waals surface area contributed by atoms with Gasteiger partial charge in [0, 0.05) is 26.2 Å². The molecule has 2 heterocycles. The zero-order valence-corrected chi connectivity index (χ0v) is 14.4. The number of nitrogens with one attached hydrogen (secondary N) is 1. The summed E-state index contributed by atoms with van der Waals surface area (Å²) in [6.45, 7) is 2.09. The van der Waals surface area contributed by atoms with Crippen molar-refractivity contribution in [3.63, 3.8) is 0 Å². The molecule has 1 aliphatic heterocycles. The third-order valence-corrected chi connectivity index (χ3v) is 6.79. The van der Waals surface area contributed by atoms with E-state index in [0.717, 1.165) is 32.2 Å². The van der Waals surface area contributed by atoms with Gasteiger partial charge in [-0.05, 0) is 54.1 Å². The van der Waals surface area contributed by atoms with Gasteiger partial charge in [-0.1, -0.05) is 5.21 Å². The van der Waals surface area contributed by atoms with Crippen molar-refractivity contribution in [1.82, 2.24) is 24.6 Å². The molecule has 9 heteroatoms. The van der Waals surface area contributed by atoms with E-state index in [1.807, 2.05) is 0 Å². The van der Waals surface area contributed by atoms with E-state index in [9.17, 15) is 8.42 Å². The number of sulfonamides is 1. The van der Waals surface area contributed by atoms with Gasteiger partial charge in [0.1, 0.15) is 0 Å². The highest BCUT2D eigenvalue weighted by atomic mass is 79.9. The minimum absolute atomic E-state index is 0.140. The van der Waals surface area contributed by atoms with Gasteiger partial charge in [-0.2, -0.15) is 4.31 Å². The lowest BCUT2D eigenvalue weighted by atomic mass is 10.2. The molecule has 1 aromatic rings. The summed E-state index contributed by atoms with van der Waals surface area (Å²) < 4.78 is 29.1. The zero-order chi connectivity index (χ0) is 15.0. The summed E-state index contributed by atoms with van der Waals surface area (Å²) in [5, 5.41) is 11.1. The highest BCUT2D eigenvalue weighted by Crippen LogP contribution is 2.32. The molecule has 1 saturated carbocycles. The summed E-state index contributed by atoms with van der Waals surface area (Å²) >= 11 is 3.20. The van der Waals surface area contributed by atoms with Crippen molar-refractivity contribution in [2.45, 2.75) is 36.8 Å². The molecule has 3 rings (SSSR count). The molecule has 1 N–H and O–H groups in total. The predicted octanol–water partition coefficient (Wildman–Crippen LogP) is 0.730. The number of aromatic nitrogens is 3. The Hall–Kier alpha value is -0.510. The molecule has 1 atom stereocenters. The first-order valence-corrected chi connectivity index (χ1v) is 9.50. The van der Waals surface area contributed by atoms with Crippen molar-refractivity contribution in [1.29, 1.82) is 0 Å². The van der Waals surface area contributed by atoms with Crippen molar-refractivity contribution in [3.05, 3.63) is 4.60 Å². The maximum Gasteiger partial charge on any atom is 0.263 e. The second-order valence-electron chi connectivity index (χ2n) is 5.87. The molecule has 0 amide bonds. The van der Waals surface area contributed by atoms with Gasteiger partial charge in [-0.3, -0.25) is 0 Å². The van der Waals surface area contributed by atoms with E-state index in [2.05, 4.69) is 31.6 Å². The van der Waals surface area contributed by atoms with E-state index in [4.69, 9.17) is 0 Å². The van der Waals surface area contributed by atoms with Gasteiger partial charge in [-0.25, -0.2) is 13.1 Å². The molecular weight excluding hydrogens is 358 g/mol. The van der Waals surface area contributed by atoms with Crippen LogP contribution in [0.3, 0.4) is 0 Å². The first-order valence-electron chi connectivity index (χ1n) is 7.27. The van der Waals surface area contributed by atoms with Crippen molar-refractivity contribution in [2.75, 3.05) is 19.6 Å². The smallest absolute Gasteiger partial charge is 0.263 e. The van der Waals surface area contributed by atoms with Gasteiger partial charge in [0.2, 0.25) is 5.03 Å². The van der Waals surface area contributed by atoms with E-state index in [-0.39, 0.29) is 15.7 Å². The molecule has 0 spiro atoms. The molecule has 7 nitrogen and oxygen atoms in total. The van der Waals surface area contributed by atoms with Gasteiger partial charge in [-0.15, -0.1) is 5.10 Å². The number of halogens is 1. The van der Waals surface area contributed by atoms with Crippen LogP contribution in [-0.2, 0) is 17.1 Å². The third-order valence-electron chi connectivity index (χ3n) is 4.07. The van der Waals surface area contributed by atoms with Crippen LogP contribution in [0, 0.1) is 5.92 Å². The van der Waals surface area contributed by atoms with E-state index in [0.29, 0.717) is 19.0 Å². The SMILES string of the molecule is Cn1nnc(Br)c1S(=O)(=O)N(CC1CC1)CC1CCCN1. The van der Waals surface area contributed by atoms with E-state index < -0.39 is 10.0 Å². The van der Waals surface area contributed by atoms with Crippen molar-refractivity contribution < 1.29 is 8.42 Å². The van der Waals surface area contributed by atoms with Crippen LogP contribution in [0.1, 0.15) is 25.7 Å². The first-order chi connectivity index (χ1) is 9.98. The molecule has 1 unspecified atom stereocenters. The van der Waals surface area contributed by atoms with Crippen LogP contribution in [0.15, 0.2) is 9.63 Å². The molecule has 2 aliphatic rings. The van der Waals surface area contributed by atoms with Crippen molar-refractivity contribution in [2.24, 2.45) is 13.0 Å². The zero-order valence-electron chi connectivity index (χ0n) is 12.0. The fraction of sp³-hybridized carbons (Fsp3) is 0.833. The van der Waals surface area contributed by atoms with Crippen LogP contribution in [0.25, 0.3) is 0 Å². The van der Waals surface area contributed by atoms with Crippen molar-refractivity contribution >= 4 is 26.0 Å². The second kappa shape index (κ2) is 5.94. The Morgan fingerprint density at radius 1 is 1.38 bits per heavy atom. The van der Waals surface area contributed by atoms with Gasteiger partial charge in [0.15, 0.2) is 4.60 Å². The minimum Gasteiger partial charge on any atom is -0.313 e. The molecule has 0 radical (unpaired) electrons. The first kappa shape index (κ1) is 15.4. The van der Waals surface area contributed by atoms with Gasteiger partial charge in [0.05, 0.1) is 0 Å². The van der Waals surface area contributed by atoms with Crippen molar-refractivity contribution in [3.8, 4) is 0 Å². The molecule has 0 bridgehead atoms. The van der Waals surface area contributed by atoms with Crippen LogP contribution in [-0.4, -0.2) is 53.4 Å². The Balaban J connectivity index is 1.86. The summed E-state index contributed by atoms with van der Waals surface area (Å²) in [6.07, 6.45) is 4.38. The average Bonchev–Trinajstić information content (AvgIpc) is 2.95. The van der Waals surface area contributed by atoms with Gasteiger partial charge >= 0.3 is 0 Å².